The molecule has 1 N–H and O–H groups in total. The minimum Gasteiger partial charge on any atom is -0.313 e. The quantitative estimate of drug-likeness (QED) is 0.796. The second kappa shape index (κ2) is 6.19. The van der Waals surface area contributed by atoms with Gasteiger partial charge in [0.2, 0.25) is 0 Å². The Morgan fingerprint density at radius 2 is 1.94 bits per heavy atom. The van der Waals surface area contributed by atoms with Gasteiger partial charge in [0.25, 0.3) is 0 Å². The normalized spacial score (nSPS) is 41.1. The van der Waals surface area contributed by atoms with Crippen LogP contribution >= 0.6 is 0 Å². The van der Waals surface area contributed by atoms with Crippen LogP contribution in [0.3, 0.4) is 0 Å². The minimum absolute atomic E-state index is 0.762. The average Bonchev–Trinajstić information content (AvgIpc) is 2.54. The first-order valence-corrected chi connectivity index (χ1v) is 7.68. The van der Waals surface area contributed by atoms with E-state index in [1.165, 1.54) is 51.7 Å². The Hall–Kier alpha value is -0.0800. The molecule has 2 aliphatic rings. The summed E-state index contributed by atoms with van der Waals surface area (Å²) in [6.45, 7) is 11.0. The fourth-order valence-corrected chi connectivity index (χ4v) is 3.82. The first kappa shape index (κ1) is 13.4. The van der Waals surface area contributed by atoms with Gasteiger partial charge in [-0.3, -0.25) is 4.90 Å². The zero-order chi connectivity index (χ0) is 12.3. The molecule has 2 rings (SSSR count). The third kappa shape index (κ3) is 3.45. The summed E-state index contributed by atoms with van der Waals surface area (Å²) in [7, 11) is 0. The topological polar surface area (TPSA) is 15.3 Å². The van der Waals surface area contributed by atoms with Gasteiger partial charge >= 0.3 is 0 Å². The van der Waals surface area contributed by atoms with Gasteiger partial charge in [-0.15, -0.1) is 0 Å². The van der Waals surface area contributed by atoms with Crippen LogP contribution in [-0.4, -0.2) is 36.6 Å². The van der Waals surface area contributed by atoms with Crippen LogP contribution in [0.1, 0.15) is 52.9 Å². The Balaban J connectivity index is 1.88. The standard InChI is InChI=1S/C15H30N2/c1-4-14-7-9-17(10-8-16-14)15-6-5-12(2)11-13(15)3/h12-16H,4-11H2,1-3H3. The molecule has 0 bridgehead atoms. The van der Waals surface area contributed by atoms with Gasteiger partial charge in [0, 0.05) is 25.2 Å². The molecule has 1 saturated heterocycles. The second-order valence-corrected chi connectivity index (χ2v) is 6.35. The van der Waals surface area contributed by atoms with Gasteiger partial charge in [-0.1, -0.05) is 20.8 Å². The molecule has 17 heavy (non-hydrogen) atoms. The lowest BCUT2D eigenvalue weighted by Gasteiger charge is -2.40. The van der Waals surface area contributed by atoms with E-state index in [9.17, 15) is 0 Å². The summed E-state index contributed by atoms with van der Waals surface area (Å²) in [5, 5.41) is 3.68. The summed E-state index contributed by atoms with van der Waals surface area (Å²) >= 11 is 0. The highest BCUT2D eigenvalue weighted by Crippen LogP contribution is 2.32. The van der Waals surface area contributed by atoms with Crippen LogP contribution in [0.15, 0.2) is 0 Å². The van der Waals surface area contributed by atoms with Crippen LogP contribution in [0, 0.1) is 11.8 Å². The lowest BCUT2D eigenvalue weighted by molar-refractivity contribution is 0.0987. The van der Waals surface area contributed by atoms with E-state index in [4.69, 9.17) is 0 Å². The third-order valence-electron chi connectivity index (χ3n) is 4.94. The van der Waals surface area contributed by atoms with Crippen LogP contribution < -0.4 is 5.32 Å². The predicted molar refractivity (Wildman–Crippen MR) is 74.2 cm³/mol. The van der Waals surface area contributed by atoms with E-state index in [-0.39, 0.29) is 0 Å². The van der Waals surface area contributed by atoms with Crippen molar-refractivity contribution in [2.75, 3.05) is 19.6 Å². The molecule has 1 heterocycles. The molecule has 0 aromatic heterocycles. The van der Waals surface area contributed by atoms with Crippen molar-refractivity contribution in [2.24, 2.45) is 11.8 Å². The van der Waals surface area contributed by atoms with E-state index in [0.29, 0.717) is 0 Å². The van der Waals surface area contributed by atoms with E-state index >= 15 is 0 Å². The lowest BCUT2D eigenvalue weighted by atomic mass is 9.79. The Labute approximate surface area is 107 Å². The molecule has 0 spiro atoms. The summed E-state index contributed by atoms with van der Waals surface area (Å²) in [5.74, 6) is 1.85. The first-order chi connectivity index (χ1) is 8.20. The summed E-state index contributed by atoms with van der Waals surface area (Å²) in [6, 6.07) is 1.63. The van der Waals surface area contributed by atoms with Crippen LogP contribution in [0.5, 0.6) is 0 Å². The number of hydrogen-bond acceptors (Lipinski definition) is 2. The van der Waals surface area contributed by atoms with Gasteiger partial charge < -0.3 is 5.32 Å². The van der Waals surface area contributed by atoms with Crippen molar-refractivity contribution < 1.29 is 0 Å². The van der Waals surface area contributed by atoms with E-state index < -0.39 is 0 Å². The molecule has 4 atom stereocenters. The summed E-state index contributed by atoms with van der Waals surface area (Å²) in [5.41, 5.74) is 0. The van der Waals surface area contributed by atoms with E-state index in [1.807, 2.05) is 0 Å². The van der Waals surface area contributed by atoms with Crippen molar-refractivity contribution in [3.05, 3.63) is 0 Å². The Morgan fingerprint density at radius 1 is 1.12 bits per heavy atom. The molecule has 0 aromatic rings. The van der Waals surface area contributed by atoms with Gasteiger partial charge in [-0.05, 0) is 50.5 Å². The highest BCUT2D eigenvalue weighted by Gasteiger charge is 2.30. The molecule has 1 aliphatic heterocycles. The van der Waals surface area contributed by atoms with Crippen LogP contribution in [0.25, 0.3) is 0 Å². The summed E-state index contributed by atoms with van der Waals surface area (Å²) < 4.78 is 0. The molecular weight excluding hydrogens is 208 g/mol. The van der Waals surface area contributed by atoms with Crippen molar-refractivity contribution >= 4 is 0 Å². The molecule has 100 valence electrons. The van der Waals surface area contributed by atoms with Crippen molar-refractivity contribution in [2.45, 2.75) is 65.0 Å². The maximum absolute atomic E-state index is 3.68. The van der Waals surface area contributed by atoms with Crippen molar-refractivity contribution in [3.8, 4) is 0 Å². The van der Waals surface area contributed by atoms with Gasteiger partial charge in [-0.25, -0.2) is 0 Å². The summed E-state index contributed by atoms with van der Waals surface area (Å²) in [6.07, 6.45) is 6.93. The van der Waals surface area contributed by atoms with Crippen molar-refractivity contribution in [1.82, 2.24) is 10.2 Å². The molecule has 0 radical (unpaired) electrons. The maximum atomic E-state index is 3.68. The molecule has 2 fully saturated rings. The predicted octanol–water partition coefficient (Wildman–Crippen LogP) is 2.89. The highest BCUT2D eigenvalue weighted by molar-refractivity contribution is 4.86. The van der Waals surface area contributed by atoms with Crippen molar-refractivity contribution in [3.63, 3.8) is 0 Å². The zero-order valence-corrected chi connectivity index (χ0v) is 11.9. The molecule has 4 unspecified atom stereocenters. The molecule has 2 nitrogen and oxygen atoms in total. The van der Waals surface area contributed by atoms with Crippen molar-refractivity contribution in [1.29, 1.82) is 0 Å². The lowest BCUT2D eigenvalue weighted by Crippen LogP contribution is -2.44. The molecule has 0 amide bonds. The number of nitrogens with one attached hydrogen (secondary N) is 1. The fraction of sp³-hybridized carbons (Fsp3) is 1.00. The van der Waals surface area contributed by atoms with Gasteiger partial charge in [-0.2, -0.15) is 0 Å². The smallest absolute Gasteiger partial charge is 0.0122 e. The SMILES string of the molecule is CCC1CCN(C2CCC(C)CC2C)CCN1. The molecule has 1 aliphatic carbocycles. The van der Waals surface area contributed by atoms with E-state index in [0.717, 1.165) is 23.9 Å². The van der Waals surface area contributed by atoms with Crippen LogP contribution in [0.4, 0.5) is 0 Å². The minimum atomic E-state index is 0.762. The zero-order valence-electron chi connectivity index (χ0n) is 11.9. The Morgan fingerprint density at radius 3 is 2.65 bits per heavy atom. The van der Waals surface area contributed by atoms with Gasteiger partial charge in [0.05, 0.1) is 0 Å². The van der Waals surface area contributed by atoms with E-state index in [2.05, 4.69) is 31.0 Å². The first-order valence-electron chi connectivity index (χ1n) is 7.68. The Bertz CT molecular complexity index is 229. The van der Waals surface area contributed by atoms with Gasteiger partial charge in [0.1, 0.15) is 0 Å². The molecular formula is C15H30N2. The second-order valence-electron chi connectivity index (χ2n) is 6.35. The fourth-order valence-electron chi connectivity index (χ4n) is 3.82. The largest absolute Gasteiger partial charge is 0.313 e. The molecule has 1 saturated carbocycles. The van der Waals surface area contributed by atoms with E-state index in [1.54, 1.807) is 0 Å². The summed E-state index contributed by atoms with van der Waals surface area (Å²) in [4.78, 5) is 2.78. The number of rotatable bonds is 2. The maximum Gasteiger partial charge on any atom is 0.0122 e. The third-order valence-corrected chi connectivity index (χ3v) is 4.94. The number of hydrogen-bond donors (Lipinski definition) is 1. The number of nitrogens with zero attached hydrogens (tertiary/aromatic N) is 1. The monoisotopic (exact) mass is 238 g/mol. The molecule has 0 aromatic carbocycles. The van der Waals surface area contributed by atoms with Gasteiger partial charge in [0.15, 0.2) is 0 Å². The van der Waals surface area contributed by atoms with Crippen LogP contribution in [-0.2, 0) is 0 Å². The Kier molecular flexibility index (Phi) is 4.87. The average molecular weight is 238 g/mol. The molecule has 2 heteroatoms. The van der Waals surface area contributed by atoms with Crippen LogP contribution in [0.2, 0.25) is 0 Å². The highest BCUT2D eigenvalue weighted by atomic mass is 15.2.